The van der Waals surface area contributed by atoms with Gasteiger partial charge in [0.05, 0.1) is 38.3 Å². The van der Waals surface area contributed by atoms with Gasteiger partial charge in [0.25, 0.3) is 0 Å². The number of aliphatic carboxylic acids is 1. The minimum atomic E-state index is -1.11. The number of hydrogen-bond acceptors (Lipinski definition) is 8. The van der Waals surface area contributed by atoms with Crippen LogP contribution in [0.1, 0.15) is 124 Å². The first-order chi connectivity index (χ1) is 19.8. The van der Waals surface area contributed by atoms with Crippen LogP contribution in [0.15, 0.2) is 0 Å². The molecule has 3 rings (SSSR count). The number of unbranched alkanes of at least 4 members (excludes halogenated alkanes) is 9. The van der Waals surface area contributed by atoms with Crippen LogP contribution >= 0.6 is 0 Å². The molecule has 41 heavy (non-hydrogen) atoms. The first kappa shape index (κ1) is 36.4. The molecule has 0 aliphatic carbocycles. The lowest BCUT2D eigenvalue weighted by Crippen LogP contribution is -2.56. The van der Waals surface area contributed by atoms with E-state index in [1.54, 1.807) is 0 Å². The third kappa shape index (κ3) is 11.0. The summed E-state index contributed by atoms with van der Waals surface area (Å²) >= 11 is 0. The first-order valence-corrected chi connectivity index (χ1v) is 16.8. The second-order valence-electron chi connectivity index (χ2n) is 12.9. The van der Waals surface area contributed by atoms with Crippen molar-refractivity contribution in [2.24, 2.45) is 5.41 Å². The Kier molecular flexibility index (Phi) is 16.7. The van der Waals surface area contributed by atoms with Crippen LogP contribution in [0.25, 0.3) is 0 Å². The molecule has 0 amide bonds. The fraction of sp³-hybridized carbons (Fsp3) is 0.969. The predicted molar refractivity (Wildman–Crippen MR) is 164 cm³/mol. The van der Waals surface area contributed by atoms with Crippen molar-refractivity contribution in [3.8, 4) is 0 Å². The summed E-state index contributed by atoms with van der Waals surface area (Å²) in [5, 5.41) is 44.0. The summed E-state index contributed by atoms with van der Waals surface area (Å²) < 4.78 is 0. The topological polar surface area (TPSA) is 127 Å². The van der Waals surface area contributed by atoms with E-state index in [2.05, 4.69) is 35.5 Å². The number of carboxylic acid groups (broad SMARTS) is 1. The maximum atomic E-state index is 12.1. The number of aliphatic hydroxyl groups excluding tert-OH is 4. The van der Waals surface area contributed by atoms with E-state index in [-0.39, 0.29) is 12.2 Å². The fourth-order valence-corrected chi connectivity index (χ4v) is 6.32. The van der Waals surface area contributed by atoms with Gasteiger partial charge < -0.3 is 25.5 Å². The smallest absolute Gasteiger partial charge is 0.308 e. The Hall–Kier alpha value is -0.810. The van der Waals surface area contributed by atoms with Crippen molar-refractivity contribution in [3.63, 3.8) is 0 Å². The van der Waals surface area contributed by atoms with Crippen LogP contribution in [-0.2, 0) is 4.79 Å². The van der Waals surface area contributed by atoms with Crippen LogP contribution in [0.5, 0.6) is 0 Å². The number of carbonyl (C=O) groups is 1. The van der Waals surface area contributed by atoms with Crippen LogP contribution in [0.4, 0.5) is 0 Å². The zero-order valence-electron chi connectivity index (χ0n) is 26.5. The second kappa shape index (κ2) is 18.8. The van der Waals surface area contributed by atoms with Crippen molar-refractivity contribution in [1.82, 2.24) is 14.7 Å². The molecule has 3 saturated heterocycles. The van der Waals surface area contributed by atoms with Gasteiger partial charge in [0.1, 0.15) is 5.79 Å². The predicted octanol–water partition coefficient (Wildman–Crippen LogP) is 4.02. The van der Waals surface area contributed by atoms with Gasteiger partial charge in [-0.25, -0.2) is 0 Å². The number of rotatable bonds is 24. The highest BCUT2D eigenvalue weighted by atomic mass is 16.4. The van der Waals surface area contributed by atoms with Crippen molar-refractivity contribution >= 4 is 5.97 Å². The molecule has 0 aromatic carbocycles. The van der Waals surface area contributed by atoms with Gasteiger partial charge in [-0.05, 0) is 19.3 Å². The summed E-state index contributed by atoms with van der Waals surface area (Å²) in [4.78, 5) is 19.9. The van der Waals surface area contributed by atoms with Crippen LogP contribution in [0.3, 0.4) is 0 Å². The lowest BCUT2D eigenvalue weighted by molar-refractivity contribution is -0.146. The molecular formula is C32H63N3O6. The summed E-state index contributed by atoms with van der Waals surface area (Å²) in [5.41, 5.74) is -1.11. The molecule has 0 saturated carbocycles. The lowest BCUT2D eigenvalue weighted by Gasteiger charge is -2.39. The molecule has 242 valence electrons. The average molecular weight is 586 g/mol. The molecule has 0 aromatic heterocycles. The second-order valence-corrected chi connectivity index (χ2v) is 12.9. The van der Waals surface area contributed by atoms with Gasteiger partial charge in [0.15, 0.2) is 0 Å². The van der Waals surface area contributed by atoms with Gasteiger partial charge in [0.2, 0.25) is 0 Å². The number of carboxylic acids is 1. The molecule has 3 fully saturated rings. The summed E-state index contributed by atoms with van der Waals surface area (Å²) in [5.74, 6) is -0.971. The number of aliphatic hydroxyl groups is 4. The van der Waals surface area contributed by atoms with E-state index in [1.807, 2.05) is 0 Å². The van der Waals surface area contributed by atoms with Crippen LogP contribution in [0, 0.1) is 5.41 Å². The van der Waals surface area contributed by atoms with Crippen LogP contribution in [-0.4, -0.2) is 116 Å². The largest absolute Gasteiger partial charge is 0.481 e. The van der Waals surface area contributed by atoms with Gasteiger partial charge in [-0.3, -0.25) is 19.5 Å². The molecule has 3 aliphatic rings. The molecule has 0 bridgehead atoms. The monoisotopic (exact) mass is 585 g/mol. The Balaban J connectivity index is 0.000000564. The Morgan fingerprint density at radius 2 is 0.902 bits per heavy atom. The molecule has 9 nitrogen and oxygen atoms in total. The Morgan fingerprint density at radius 3 is 1.12 bits per heavy atom. The molecule has 0 radical (unpaired) electrons. The molecule has 3 aliphatic heterocycles. The van der Waals surface area contributed by atoms with Gasteiger partial charge in [-0.15, -0.1) is 0 Å². The lowest BCUT2D eigenvalue weighted by atomic mass is 9.93. The van der Waals surface area contributed by atoms with E-state index in [4.69, 9.17) is 20.4 Å². The highest BCUT2D eigenvalue weighted by Gasteiger charge is 2.67. The molecular weight excluding hydrogens is 522 g/mol. The number of hydrogen-bond donors (Lipinski definition) is 5. The van der Waals surface area contributed by atoms with E-state index in [1.165, 1.54) is 96.3 Å². The maximum Gasteiger partial charge on any atom is 0.308 e. The third-order valence-electron chi connectivity index (χ3n) is 9.43. The molecule has 6 atom stereocenters. The van der Waals surface area contributed by atoms with Gasteiger partial charge >= 0.3 is 5.97 Å². The van der Waals surface area contributed by atoms with Crippen LogP contribution < -0.4 is 0 Å². The standard InChI is InChI=1S/C27H51N3O2.C5H12O4/c1-4-7-10-13-16-23-20-28(23)27(19-26(31)32,29-21-24(29)17-14-11-8-5-2)30-22-25(30)18-15-12-9-6-3;6-1-5(2-7,3-8)4-9/h23-25H,4-22H2,1-3H3,(H,31,32);6-9H,1-4H2. The van der Waals surface area contributed by atoms with Crippen molar-refractivity contribution in [3.05, 3.63) is 0 Å². The van der Waals surface area contributed by atoms with Gasteiger partial charge in [-0.2, -0.15) is 0 Å². The fourth-order valence-electron chi connectivity index (χ4n) is 6.32. The minimum Gasteiger partial charge on any atom is -0.481 e. The summed E-state index contributed by atoms with van der Waals surface area (Å²) in [6.07, 6.45) is 19.6. The molecule has 5 N–H and O–H groups in total. The molecule has 3 heterocycles. The summed E-state index contributed by atoms with van der Waals surface area (Å²) in [7, 11) is 0. The Bertz CT molecular complexity index is 639. The highest BCUT2D eigenvalue weighted by Crippen LogP contribution is 2.51. The summed E-state index contributed by atoms with van der Waals surface area (Å²) in [6.45, 7) is 8.46. The zero-order valence-corrected chi connectivity index (χ0v) is 26.5. The van der Waals surface area contributed by atoms with E-state index < -0.39 is 37.8 Å². The van der Waals surface area contributed by atoms with Crippen molar-refractivity contribution in [1.29, 1.82) is 0 Å². The quantitative estimate of drug-likeness (QED) is 0.0843. The molecule has 0 spiro atoms. The van der Waals surface area contributed by atoms with Gasteiger partial charge in [-0.1, -0.05) is 97.8 Å². The van der Waals surface area contributed by atoms with E-state index >= 15 is 0 Å². The van der Waals surface area contributed by atoms with Crippen LogP contribution in [0.2, 0.25) is 0 Å². The molecule has 9 heteroatoms. The summed E-state index contributed by atoms with van der Waals surface area (Å²) in [6, 6.07) is 1.77. The van der Waals surface area contributed by atoms with E-state index in [9.17, 15) is 9.90 Å². The van der Waals surface area contributed by atoms with Crippen molar-refractivity contribution in [2.75, 3.05) is 46.1 Å². The highest BCUT2D eigenvalue weighted by molar-refractivity contribution is 5.68. The van der Waals surface area contributed by atoms with Gasteiger partial charge in [0, 0.05) is 37.8 Å². The Morgan fingerprint density at radius 1 is 0.585 bits per heavy atom. The first-order valence-electron chi connectivity index (χ1n) is 16.8. The minimum absolute atomic E-state index is 0.259. The number of nitrogens with zero attached hydrogens (tertiary/aromatic N) is 3. The average Bonchev–Trinajstić information content (AvgIpc) is 3.86. The SMILES string of the molecule is CCCCCCC1CN1C(CC(=O)O)(N1CC1CCCCCC)N1CC1CCCCCC.OCC(CO)(CO)CO. The van der Waals surface area contributed by atoms with E-state index in [0.29, 0.717) is 18.1 Å². The van der Waals surface area contributed by atoms with E-state index in [0.717, 1.165) is 19.6 Å². The molecule has 6 unspecified atom stereocenters. The zero-order chi connectivity index (χ0) is 30.3. The van der Waals surface area contributed by atoms with Crippen molar-refractivity contribution < 1.29 is 30.3 Å². The Labute approximate surface area is 249 Å². The molecule has 0 aromatic rings. The third-order valence-corrected chi connectivity index (χ3v) is 9.43. The maximum absolute atomic E-state index is 12.1. The van der Waals surface area contributed by atoms with Crippen molar-refractivity contribution in [2.45, 2.75) is 147 Å². The normalized spacial score (nSPS) is 28.0.